The van der Waals surface area contributed by atoms with Crippen LogP contribution in [0.15, 0.2) is 24.3 Å². The number of Topliss-reactive ketones (excluding diaryl/α,β-unsaturated/α-hetero) is 1. The van der Waals surface area contributed by atoms with Gasteiger partial charge in [-0.1, -0.05) is 6.92 Å². The van der Waals surface area contributed by atoms with E-state index in [0.29, 0.717) is 18.6 Å². The summed E-state index contributed by atoms with van der Waals surface area (Å²) in [6.45, 7) is 4.48. The van der Waals surface area contributed by atoms with Gasteiger partial charge < -0.3 is 14.2 Å². The van der Waals surface area contributed by atoms with Gasteiger partial charge in [-0.05, 0) is 31.2 Å². The SMILES string of the molecule is CCOc1ccc(C(=O)CC(C)C(OC)OC)cc1. The van der Waals surface area contributed by atoms with Crippen LogP contribution in [0, 0.1) is 5.92 Å². The van der Waals surface area contributed by atoms with Crippen LogP contribution in [-0.4, -0.2) is 32.9 Å². The van der Waals surface area contributed by atoms with E-state index in [2.05, 4.69) is 0 Å². The first-order chi connectivity index (χ1) is 9.12. The van der Waals surface area contributed by atoms with Gasteiger partial charge in [0.1, 0.15) is 5.75 Å². The van der Waals surface area contributed by atoms with E-state index in [9.17, 15) is 4.79 Å². The first kappa shape index (κ1) is 15.7. The number of methoxy groups -OCH3 is 2. The van der Waals surface area contributed by atoms with Crippen molar-refractivity contribution in [2.45, 2.75) is 26.6 Å². The highest BCUT2D eigenvalue weighted by molar-refractivity contribution is 5.96. The van der Waals surface area contributed by atoms with Crippen LogP contribution in [0.2, 0.25) is 0 Å². The highest BCUT2D eigenvalue weighted by Crippen LogP contribution is 2.18. The van der Waals surface area contributed by atoms with Gasteiger partial charge in [-0.3, -0.25) is 4.79 Å². The molecule has 0 heterocycles. The summed E-state index contributed by atoms with van der Waals surface area (Å²) in [5.74, 6) is 0.863. The Balaban J connectivity index is 2.62. The van der Waals surface area contributed by atoms with Crippen molar-refractivity contribution in [3.63, 3.8) is 0 Å². The van der Waals surface area contributed by atoms with Crippen LogP contribution in [0.5, 0.6) is 5.75 Å². The lowest BCUT2D eigenvalue weighted by molar-refractivity contribution is -0.132. The van der Waals surface area contributed by atoms with E-state index in [4.69, 9.17) is 14.2 Å². The summed E-state index contributed by atoms with van der Waals surface area (Å²) in [4.78, 5) is 12.1. The normalized spacial score (nSPS) is 12.5. The van der Waals surface area contributed by atoms with E-state index < -0.39 is 0 Å². The van der Waals surface area contributed by atoms with Crippen LogP contribution in [0.4, 0.5) is 0 Å². The molecule has 1 aromatic carbocycles. The van der Waals surface area contributed by atoms with Gasteiger partial charge in [-0.2, -0.15) is 0 Å². The van der Waals surface area contributed by atoms with E-state index in [-0.39, 0.29) is 18.0 Å². The van der Waals surface area contributed by atoms with Crippen LogP contribution in [0.25, 0.3) is 0 Å². The van der Waals surface area contributed by atoms with Crippen molar-refractivity contribution >= 4 is 5.78 Å². The second-order valence-electron chi connectivity index (χ2n) is 4.40. The van der Waals surface area contributed by atoms with Gasteiger partial charge in [0.2, 0.25) is 0 Å². The number of ether oxygens (including phenoxy) is 3. The number of rotatable bonds is 8. The van der Waals surface area contributed by atoms with Gasteiger partial charge in [-0.15, -0.1) is 0 Å². The topological polar surface area (TPSA) is 44.8 Å². The minimum atomic E-state index is -0.355. The number of hydrogen-bond donors (Lipinski definition) is 0. The molecule has 0 amide bonds. The lowest BCUT2D eigenvalue weighted by atomic mass is 9.99. The smallest absolute Gasteiger partial charge is 0.163 e. The standard InChI is InChI=1S/C15H22O4/c1-5-19-13-8-6-12(7-9-13)14(16)10-11(2)15(17-3)18-4/h6-9,11,15H,5,10H2,1-4H3. The fourth-order valence-corrected chi connectivity index (χ4v) is 1.97. The van der Waals surface area contributed by atoms with Crippen LogP contribution >= 0.6 is 0 Å². The van der Waals surface area contributed by atoms with Crippen molar-refractivity contribution in [3.05, 3.63) is 29.8 Å². The highest BCUT2D eigenvalue weighted by Gasteiger charge is 2.20. The summed E-state index contributed by atoms with van der Waals surface area (Å²) in [6.07, 6.45) is 0.0343. The van der Waals surface area contributed by atoms with E-state index >= 15 is 0 Å². The van der Waals surface area contributed by atoms with Gasteiger partial charge in [0.15, 0.2) is 12.1 Å². The Morgan fingerprint density at radius 3 is 2.21 bits per heavy atom. The zero-order valence-corrected chi connectivity index (χ0v) is 12.0. The summed E-state index contributed by atoms with van der Waals surface area (Å²) < 4.78 is 15.7. The molecular formula is C15H22O4. The van der Waals surface area contributed by atoms with E-state index in [1.54, 1.807) is 26.4 Å². The summed E-state index contributed by atoms with van der Waals surface area (Å²) >= 11 is 0. The maximum absolute atomic E-state index is 12.1. The van der Waals surface area contributed by atoms with Crippen LogP contribution in [0.1, 0.15) is 30.6 Å². The summed E-state index contributed by atoms with van der Waals surface area (Å²) in [6, 6.07) is 7.19. The molecule has 19 heavy (non-hydrogen) atoms. The highest BCUT2D eigenvalue weighted by atomic mass is 16.7. The van der Waals surface area contributed by atoms with Crippen molar-refractivity contribution in [3.8, 4) is 5.75 Å². The lowest BCUT2D eigenvalue weighted by Crippen LogP contribution is -2.24. The van der Waals surface area contributed by atoms with Crippen molar-refractivity contribution in [2.75, 3.05) is 20.8 Å². The van der Waals surface area contributed by atoms with Crippen molar-refractivity contribution in [1.29, 1.82) is 0 Å². The largest absolute Gasteiger partial charge is 0.494 e. The zero-order chi connectivity index (χ0) is 14.3. The van der Waals surface area contributed by atoms with Gasteiger partial charge >= 0.3 is 0 Å². The van der Waals surface area contributed by atoms with E-state index in [1.165, 1.54) is 0 Å². The first-order valence-corrected chi connectivity index (χ1v) is 6.44. The molecule has 0 aliphatic heterocycles. The van der Waals surface area contributed by atoms with Gasteiger partial charge in [0.05, 0.1) is 6.61 Å². The summed E-state index contributed by atoms with van der Waals surface area (Å²) in [7, 11) is 3.15. The Bertz CT molecular complexity index is 382. The van der Waals surface area contributed by atoms with Gasteiger partial charge in [0.25, 0.3) is 0 Å². The molecule has 0 bridgehead atoms. The molecule has 106 valence electrons. The quantitative estimate of drug-likeness (QED) is 0.536. The molecule has 4 heteroatoms. The summed E-state index contributed by atoms with van der Waals surface area (Å²) in [5.41, 5.74) is 0.682. The molecule has 0 fully saturated rings. The molecule has 1 atom stereocenters. The zero-order valence-electron chi connectivity index (χ0n) is 12.0. The Morgan fingerprint density at radius 2 is 1.74 bits per heavy atom. The molecule has 1 aromatic rings. The van der Waals surface area contributed by atoms with E-state index in [0.717, 1.165) is 5.75 Å². The number of hydrogen-bond acceptors (Lipinski definition) is 4. The van der Waals surface area contributed by atoms with Crippen molar-refractivity contribution < 1.29 is 19.0 Å². The fraction of sp³-hybridized carbons (Fsp3) is 0.533. The third-order valence-electron chi connectivity index (χ3n) is 2.92. The third kappa shape index (κ3) is 4.65. The number of carbonyl (C=O) groups excluding carboxylic acids is 1. The molecule has 0 N–H and O–H groups in total. The third-order valence-corrected chi connectivity index (χ3v) is 2.92. The fourth-order valence-electron chi connectivity index (χ4n) is 1.97. The Morgan fingerprint density at radius 1 is 1.16 bits per heavy atom. The Kier molecular flexibility index (Phi) is 6.53. The molecule has 0 saturated carbocycles. The number of carbonyl (C=O) groups is 1. The molecule has 1 unspecified atom stereocenters. The first-order valence-electron chi connectivity index (χ1n) is 6.44. The minimum absolute atomic E-state index is 0.00840. The predicted molar refractivity (Wildman–Crippen MR) is 73.5 cm³/mol. The van der Waals surface area contributed by atoms with Crippen LogP contribution in [0.3, 0.4) is 0 Å². The Hall–Kier alpha value is -1.39. The van der Waals surface area contributed by atoms with Crippen molar-refractivity contribution in [2.24, 2.45) is 5.92 Å². The maximum atomic E-state index is 12.1. The monoisotopic (exact) mass is 266 g/mol. The van der Waals surface area contributed by atoms with E-state index in [1.807, 2.05) is 26.0 Å². The average Bonchev–Trinajstić information content (AvgIpc) is 2.41. The van der Waals surface area contributed by atoms with Crippen LogP contribution in [-0.2, 0) is 9.47 Å². The average molecular weight is 266 g/mol. The molecular weight excluding hydrogens is 244 g/mol. The second kappa shape index (κ2) is 7.92. The van der Waals surface area contributed by atoms with Crippen LogP contribution < -0.4 is 4.74 Å². The molecule has 1 rings (SSSR count). The molecule has 4 nitrogen and oxygen atoms in total. The maximum Gasteiger partial charge on any atom is 0.163 e. The predicted octanol–water partition coefficient (Wildman–Crippen LogP) is 2.91. The molecule has 0 aliphatic rings. The second-order valence-corrected chi connectivity index (χ2v) is 4.40. The van der Waals surface area contributed by atoms with Crippen molar-refractivity contribution in [1.82, 2.24) is 0 Å². The molecule has 0 aromatic heterocycles. The molecule has 0 spiro atoms. The minimum Gasteiger partial charge on any atom is -0.494 e. The van der Waals surface area contributed by atoms with Gasteiger partial charge in [0, 0.05) is 32.1 Å². The molecule has 0 aliphatic carbocycles. The molecule has 0 radical (unpaired) electrons. The summed E-state index contributed by atoms with van der Waals surface area (Å²) in [5, 5.41) is 0. The van der Waals surface area contributed by atoms with Gasteiger partial charge in [-0.25, -0.2) is 0 Å². The lowest BCUT2D eigenvalue weighted by Gasteiger charge is -2.20. The number of benzene rings is 1. The Labute approximate surface area is 114 Å². The molecule has 0 saturated heterocycles. The number of ketones is 1.